The number of hydrogen-bond acceptors (Lipinski definition) is 3. The molecule has 0 atom stereocenters. The van der Waals surface area contributed by atoms with E-state index in [1.807, 2.05) is 42.7 Å². The topological polar surface area (TPSA) is 59.4 Å². The van der Waals surface area contributed by atoms with E-state index in [9.17, 15) is 5.26 Å². The second-order valence-corrected chi connectivity index (χ2v) is 13.4. The summed E-state index contributed by atoms with van der Waals surface area (Å²) in [6.07, 6.45) is 5.78. The number of aryl methyl sites for hydroxylation is 2. The molecule has 0 unspecified atom stereocenters. The molecule has 0 aliphatic heterocycles. The molecule has 5 nitrogen and oxygen atoms in total. The Morgan fingerprint density at radius 3 is 2.00 bits per heavy atom. The van der Waals surface area contributed by atoms with Crippen molar-refractivity contribution in [3.05, 3.63) is 215 Å². The molecule has 0 fully saturated rings. The van der Waals surface area contributed by atoms with Crippen molar-refractivity contribution in [2.75, 3.05) is 0 Å². The molecular weight excluding hydrogens is 842 g/mol. The van der Waals surface area contributed by atoms with Crippen molar-refractivity contribution in [3.8, 4) is 28.8 Å². The van der Waals surface area contributed by atoms with Gasteiger partial charge in [-0.2, -0.15) is 23.5 Å². The second-order valence-electron chi connectivity index (χ2n) is 13.4. The van der Waals surface area contributed by atoms with Crippen LogP contribution in [-0.4, -0.2) is 19.1 Å². The average molecular weight is 875 g/mol. The third-order valence-electron chi connectivity index (χ3n) is 10.3. The molecule has 9 rings (SSSR count). The first-order valence-electron chi connectivity index (χ1n) is 17.6. The molecule has 0 spiro atoms. The summed E-state index contributed by atoms with van der Waals surface area (Å²) in [6.45, 7) is 4.26. The summed E-state index contributed by atoms with van der Waals surface area (Å²) in [5.41, 5.74) is 10.9. The molecule has 0 saturated heterocycles. The maximum Gasteiger partial charge on any atom is 2.00 e. The standard InChI is InChI=1S/C48H33N5.Pt/c1-33-13-11-14-34(2)47(33)52-31-43(51-32-52)36-15-12-20-39(28-36)48(37-16-5-3-6-17-37,38-18-7-4-8-19-38)40-23-25-42-41-24-22-35(30-49)27-44(41)53(45(42)29-40)46-21-9-10-26-50-46;/h3-27,31-32H,1-2H3;/q-2;+2. The Kier molecular flexibility index (Phi) is 9.16. The van der Waals surface area contributed by atoms with Crippen molar-refractivity contribution in [2.24, 2.45) is 0 Å². The number of fused-ring (bicyclic) bond motifs is 3. The number of imidazole rings is 1. The molecule has 0 N–H and O–H groups in total. The first kappa shape index (κ1) is 34.7. The van der Waals surface area contributed by atoms with Crippen LogP contribution in [0.5, 0.6) is 0 Å². The molecule has 260 valence electrons. The van der Waals surface area contributed by atoms with Crippen molar-refractivity contribution >= 4 is 21.8 Å². The van der Waals surface area contributed by atoms with Gasteiger partial charge in [-0.05, 0) is 71.9 Å². The van der Waals surface area contributed by atoms with Crippen molar-refractivity contribution < 1.29 is 21.1 Å². The predicted molar refractivity (Wildman–Crippen MR) is 211 cm³/mol. The van der Waals surface area contributed by atoms with Gasteiger partial charge in [-0.1, -0.05) is 96.5 Å². The van der Waals surface area contributed by atoms with E-state index in [0.29, 0.717) is 5.56 Å². The summed E-state index contributed by atoms with van der Waals surface area (Å²) in [4.78, 5) is 9.67. The molecule has 6 aromatic carbocycles. The fourth-order valence-corrected chi connectivity index (χ4v) is 7.90. The first-order chi connectivity index (χ1) is 26.1. The molecule has 0 saturated carbocycles. The molecule has 0 bridgehead atoms. The van der Waals surface area contributed by atoms with Gasteiger partial charge >= 0.3 is 21.1 Å². The Morgan fingerprint density at radius 2 is 1.31 bits per heavy atom. The van der Waals surface area contributed by atoms with E-state index in [1.165, 1.54) is 11.1 Å². The van der Waals surface area contributed by atoms with E-state index in [2.05, 4.69) is 157 Å². The summed E-state index contributed by atoms with van der Waals surface area (Å²) in [5, 5.41) is 11.9. The summed E-state index contributed by atoms with van der Waals surface area (Å²) in [7, 11) is 0. The van der Waals surface area contributed by atoms with Crippen LogP contribution < -0.4 is 0 Å². The number of para-hydroxylation sites is 1. The molecule has 9 aromatic rings. The van der Waals surface area contributed by atoms with Crippen LogP contribution in [0.3, 0.4) is 0 Å². The molecule has 54 heavy (non-hydrogen) atoms. The van der Waals surface area contributed by atoms with E-state index in [-0.39, 0.29) is 21.1 Å². The SMILES string of the molecule is Cc1cccc(C)c1-n1cnc(-c2[c-]c(C(c3[c-]c4c(cc3)c3ccc(C#N)cc3n4-c3ccccn3)(c3ccccc3)c3ccccc3)ccc2)c1.[Pt+2]. The van der Waals surface area contributed by atoms with E-state index in [4.69, 9.17) is 9.97 Å². The van der Waals surface area contributed by atoms with Gasteiger partial charge in [0.05, 0.1) is 23.6 Å². The summed E-state index contributed by atoms with van der Waals surface area (Å²) >= 11 is 0. The quantitative estimate of drug-likeness (QED) is 0.118. The van der Waals surface area contributed by atoms with E-state index in [0.717, 1.165) is 66.8 Å². The fraction of sp³-hybridized carbons (Fsp3) is 0.0625. The minimum absolute atomic E-state index is 0. The molecule has 0 amide bonds. The van der Waals surface area contributed by atoms with Crippen LogP contribution in [0, 0.1) is 37.3 Å². The van der Waals surface area contributed by atoms with Crippen LogP contribution in [0.1, 0.15) is 38.9 Å². The smallest absolute Gasteiger partial charge is 0.319 e. The number of hydrogen-bond donors (Lipinski definition) is 0. The van der Waals surface area contributed by atoms with Gasteiger partial charge in [-0.15, -0.1) is 46.3 Å². The second kappa shape index (κ2) is 14.2. The van der Waals surface area contributed by atoms with Crippen LogP contribution in [-0.2, 0) is 26.5 Å². The minimum atomic E-state index is -0.814. The molecule has 3 aromatic heterocycles. The molecule has 0 aliphatic carbocycles. The van der Waals surface area contributed by atoms with Gasteiger partial charge in [-0.25, -0.2) is 4.98 Å². The first-order valence-corrected chi connectivity index (χ1v) is 17.6. The van der Waals surface area contributed by atoms with Gasteiger partial charge in [-0.3, -0.25) is 4.98 Å². The fourth-order valence-electron chi connectivity index (χ4n) is 7.90. The number of pyridine rings is 1. The predicted octanol–water partition coefficient (Wildman–Crippen LogP) is 10.5. The Labute approximate surface area is 329 Å². The summed E-state index contributed by atoms with van der Waals surface area (Å²) in [6, 6.07) is 60.2. The summed E-state index contributed by atoms with van der Waals surface area (Å²) in [5.74, 6) is 0.758. The number of nitriles is 1. The Morgan fingerprint density at radius 1 is 0.648 bits per heavy atom. The normalized spacial score (nSPS) is 11.4. The van der Waals surface area contributed by atoms with Gasteiger partial charge in [0.25, 0.3) is 0 Å². The molecule has 3 heterocycles. The Balaban J connectivity index is 0.00000413. The van der Waals surface area contributed by atoms with Crippen LogP contribution in [0.25, 0.3) is 44.6 Å². The maximum atomic E-state index is 9.86. The van der Waals surface area contributed by atoms with Gasteiger partial charge in [0.2, 0.25) is 0 Å². The zero-order valence-corrected chi connectivity index (χ0v) is 31.9. The largest absolute Gasteiger partial charge is 2.00 e. The van der Waals surface area contributed by atoms with Gasteiger partial charge in [0.15, 0.2) is 0 Å². The van der Waals surface area contributed by atoms with Gasteiger partial charge in [0.1, 0.15) is 5.82 Å². The molecule has 6 heteroatoms. The van der Waals surface area contributed by atoms with E-state index >= 15 is 0 Å². The van der Waals surface area contributed by atoms with Crippen molar-refractivity contribution in [3.63, 3.8) is 0 Å². The Hall–Kier alpha value is -6.34. The van der Waals surface area contributed by atoms with Crippen LogP contribution in [0.2, 0.25) is 0 Å². The molecule has 0 aliphatic rings. The van der Waals surface area contributed by atoms with Crippen molar-refractivity contribution in [1.29, 1.82) is 5.26 Å². The number of nitrogens with zero attached hydrogens (tertiary/aromatic N) is 5. The van der Waals surface area contributed by atoms with Crippen LogP contribution in [0.15, 0.2) is 164 Å². The average Bonchev–Trinajstić information content (AvgIpc) is 3.82. The van der Waals surface area contributed by atoms with Crippen molar-refractivity contribution in [2.45, 2.75) is 19.3 Å². The van der Waals surface area contributed by atoms with Gasteiger partial charge < -0.3 is 9.13 Å². The zero-order valence-electron chi connectivity index (χ0n) is 29.6. The zero-order chi connectivity index (χ0) is 35.9. The third kappa shape index (κ3) is 5.68. The third-order valence-corrected chi connectivity index (χ3v) is 10.3. The molecular formula is C48H33N5Pt. The van der Waals surface area contributed by atoms with Crippen LogP contribution >= 0.6 is 0 Å². The maximum absolute atomic E-state index is 9.86. The van der Waals surface area contributed by atoms with E-state index < -0.39 is 5.41 Å². The number of aromatic nitrogens is 4. The summed E-state index contributed by atoms with van der Waals surface area (Å²) < 4.78 is 4.23. The minimum Gasteiger partial charge on any atom is -0.319 e. The van der Waals surface area contributed by atoms with Crippen molar-refractivity contribution in [1.82, 2.24) is 19.1 Å². The number of benzene rings is 6. The van der Waals surface area contributed by atoms with E-state index in [1.54, 1.807) is 6.20 Å². The Bertz CT molecular complexity index is 2750. The number of rotatable bonds is 7. The van der Waals surface area contributed by atoms with Crippen LogP contribution in [0.4, 0.5) is 0 Å². The molecule has 0 radical (unpaired) electrons. The van der Waals surface area contributed by atoms with Gasteiger partial charge in [0, 0.05) is 22.8 Å². The monoisotopic (exact) mass is 874 g/mol.